The third-order valence-electron chi connectivity index (χ3n) is 2.07. The summed E-state index contributed by atoms with van der Waals surface area (Å²) in [6, 6.07) is 0. The molecule has 0 amide bonds. The second kappa shape index (κ2) is 8.69. The Morgan fingerprint density at radius 3 is 2.64 bits per heavy atom. The van der Waals surface area contributed by atoms with Gasteiger partial charge in [-0.3, -0.25) is 0 Å². The van der Waals surface area contributed by atoms with Crippen LogP contribution in [0.5, 0.6) is 0 Å². The molecule has 0 aromatic rings. The molecule has 0 N–H and O–H groups in total. The molecule has 1 aliphatic rings. The molecule has 0 radical (unpaired) electrons. The maximum Gasteiger partial charge on any atom is 0.149 e. The molecule has 0 spiro atoms. The molecule has 0 aromatic carbocycles. The molecule has 4 heteroatoms. The molecule has 4 nitrogen and oxygen atoms in total. The fraction of sp³-hybridized carbons (Fsp3) is 0.800. The van der Waals surface area contributed by atoms with Crippen LogP contribution in [0.1, 0.15) is 38.5 Å². The molecular formula is C10H18N2O2. The van der Waals surface area contributed by atoms with Gasteiger partial charge in [-0.1, -0.05) is 25.7 Å². The summed E-state index contributed by atoms with van der Waals surface area (Å²) in [6.07, 6.45) is 10.1. The molecular weight excluding hydrogens is 180 g/mol. The number of hydrogen-bond acceptors (Lipinski definition) is 4. The van der Waals surface area contributed by atoms with Gasteiger partial charge in [-0.05, 0) is 12.8 Å². The molecule has 1 rings (SSSR count). The van der Waals surface area contributed by atoms with E-state index in [4.69, 9.17) is 9.78 Å². The molecule has 1 aliphatic heterocycles. The minimum absolute atomic E-state index is 0.654. The van der Waals surface area contributed by atoms with Crippen LogP contribution in [0, 0.1) is 0 Å². The van der Waals surface area contributed by atoms with E-state index < -0.39 is 0 Å². The van der Waals surface area contributed by atoms with Crippen LogP contribution in [0.25, 0.3) is 0 Å². The Balaban J connectivity index is 2.17. The molecule has 0 aliphatic carbocycles. The highest BCUT2D eigenvalue weighted by Crippen LogP contribution is 2.06. The summed E-state index contributed by atoms with van der Waals surface area (Å²) in [4.78, 5) is 9.63. The van der Waals surface area contributed by atoms with Crippen molar-refractivity contribution in [3.8, 4) is 0 Å². The Morgan fingerprint density at radius 2 is 1.71 bits per heavy atom. The number of rotatable bonds is 0. The summed E-state index contributed by atoms with van der Waals surface area (Å²) in [7, 11) is 0. The summed E-state index contributed by atoms with van der Waals surface area (Å²) in [6.45, 7) is 1.46. The average molecular weight is 198 g/mol. The van der Waals surface area contributed by atoms with E-state index in [-0.39, 0.29) is 0 Å². The quantitative estimate of drug-likeness (QED) is 0.561. The van der Waals surface area contributed by atoms with E-state index in [0.717, 1.165) is 19.4 Å². The lowest BCUT2D eigenvalue weighted by atomic mass is 10.1. The van der Waals surface area contributed by atoms with Crippen molar-refractivity contribution in [1.29, 1.82) is 0 Å². The van der Waals surface area contributed by atoms with Gasteiger partial charge in [0.25, 0.3) is 0 Å². The molecule has 0 unspecified atom stereocenters. The van der Waals surface area contributed by atoms with Crippen LogP contribution >= 0.6 is 0 Å². The van der Waals surface area contributed by atoms with E-state index in [1.54, 1.807) is 0 Å². The van der Waals surface area contributed by atoms with Crippen molar-refractivity contribution in [3.63, 3.8) is 0 Å². The van der Waals surface area contributed by atoms with E-state index >= 15 is 0 Å². The molecule has 0 atom stereocenters. The third-order valence-corrected chi connectivity index (χ3v) is 2.07. The normalized spacial score (nSPS) is 21.1. The Hall–Kier alpha value is -0.900. The average Bonchev–Trinajstić information content (AvgIpc) is 2.22. The van der Waals surface area contributed by atoms with E-state index in [0.29, 0.717) is 6.61 Å². The van der Waals surface area contributed by atoms with Crippen LogP contribution in [0.4, 0.5) is 0 Å². The molecule has 14 heavy (non-hydrogen) atoms. The van der Waals surface area contributed by atoms with Crippen molar-refractivity contribution in [1.82, 2.24) is 0 Å². The van der Waals surface area contributed by atoms with Gasteiger partial charge in [0.1, 0.15) is 6.26 Å². The van der Waals surface area contributed by atoms with Crippen LogP contribution in [-0.4, -0.2) is 13.2 Å². The topological polar surface area (TPSA) is 43.2 Å². The van der Waals surface area contributed by atoms with Crippen molar-refractivity contribution in [3.05, 3.63) is 12.5 Å². The van der Waals surface area contributed by atoms with Gasteiger partial charge < -0.3 is 4.89 Å². The Morgan fingerprint density at radius 1 is 0.929 bits per heavy atom. The third kappa shape index (κ3) is 6.60. The lowest BCUT2D eigenvalue weighted by Crippen LogP contribution is -1.92. The summed E-state index contributed by atoms with van der Waals surface area (Å²) < 4.78 is 0. The van der Waals surface area contributed by atoms with Crippen LogP contribution < -0.4 is 0 Å². The van der Waals surface area contributed by atoms with E-state index in [2.05, 4.69) is 10.2 Å². The minimum atomic E-state index is 0.654. The lowest BCUT2D eigenvalue weighted by molar-refractivity contribution is -0.249. The van der Waals surface area contributed by atoms with Gasteiger partial charge >= 0.3 is 0 Å². The molecule has 0 bridgehead atoms. The highest BCUT2D eigenvalue weighted by molar-refractivity contribution is 4.66. The Labute approximate surface area is 84.9 Å². The molecule has 0 saturated heterocycles. The highest BCUT2D eigenvalue weighted by atomic mass is 17.2. The maximum absolute atomic E-state index is 4.89. The largest absolute Gasteiger partial charge is 0.344 e. The minimum Gasteiger partial charge on any atom is -0.344 e. The second-order valence-corrected chi connectivity index (χ2v) is 3.31. The van der Waals surface area contributed by atoms with Crippen molar-refractivity contribution >= 4 is 0 Å². The maximum atomic E-state index is 4.89. The number of nitrogens with zero attached hydrogens (tertiary/aromatic N) is 2. The van der Waals surface area contributed by atoms with Gasteiger partial charge in [0.2, 0.25) is 0 Å². The van der Waals surface area contributed by atoms with Gasteiger partial charge in [-0.25, -0.2) is 0 Å². The zero-order valence-electron chi connectivity index (χ0n) is 8.52. The molecule has 1 heterocycles. The second-order valence-electron chi connectivity index (χ2n) is 3.31. The van der Waals surface area contributed by atoms with Crippen molar-refractivity contribution in [2.75, 3.05) is 13.2 Å². The Kier molecular flexibility index (Phi) is 6.94. The monoisotopic (exact) mass is 198 g/mol. The highest BCUT2D eigenvalue weighted by Gasteiger charge is 1.92. The molecule has 0 saturated carbocycles. The lowest BCUT2D eigenvalue weighted by Gasteiger charge is -2.02. The first-order valence-electron chi connectivity index (χ1n) is 5.30. The first-order valence-corrected chi connectivity index (χ1v) is 5.30. The smallest absolute Gasteiger partial charge is 0.149 e. The summed E-state index contributed by atoms with van der Waals surface area (Å²) in [5, 5.41) is 7.76. The fourth-order valence-corrected chi connectivity index (χ4v) is 1.29. The van der Waals surface area contributed by atoms with Crippen molar-refractivity contribution in [2.45, 2.75) is 38.5 Å². The zero-order chi connectivity index (χ0) is 9.90. The summed E-state index contributed by atoms with van der Waals surface area (Å²) >= 11 is 0. The number of azo groups is 1. The van der Waals surface area contributed by atoms with Crippen molar-refractivity contribution in [2.24, 2.45) is 10.2 Å². The van der Waals surface area contributed by atoms with Crippen LogP contribution in [0.15, 0.2) is 22.7 Å². The molecule has 0 aromatic heterocycles. The van der Waals surface area contributed by atoms with E-state index in [1.807, 2.05) is 0 Å². The van der Waals surface area contributed by atoms with E-state index in [1.165, 1.54) is 38.1 Å². The Bertz CT molecular complexity index is 161. The molecule has 0 fully saturated rings. The van der Waals surface area contributed by atoms with Crippen LogP contribution in [0.3, 0.4) is 0 Å². The van der Waals surface area contributed by atoms with Crippen molar-refractivity contribution < 1.29 is 9.78 Å². The van der Waals surface area contributed by atoms with Crippen LogP contribution in [0.2, 0.25) is 0 Å². The summed E-state index contributed by atoms with van der Waals surface area (Å²) in [5.41, 5.74) is 0. The van der Waals surface area contributed by atoms with Gasteiger partial charge in [-0.2, -0.15) is 15.1 Å². The zero-order valence-corrected chi connectivity index (χ0v) is 8.52. The first-order chi connectivity index (χ1) is 7.00. The predicted molar refractivity (Wildman–Crippen MR) is 53.6 cm³/mol. The fourth-order valence-electron chi connectivity index (χ4n) is 1.29. The van der Waals surface area contributed by atoms with E-state index in [9.17, 15) is 0 Å². The van der Waals surface area contributed by atoms with Gasteiger partial charge in [0.05, 0.1) is 19.4 Å². The van der Waals surface area contributed by atoms with Gasteiger partial charge in [-0.15, -0.1) is 0 Å². The van der Waals surface area contributed by atoms with Gasteiger partial charge in [0.15, 0.2) is 0 Å². The SMILES string of the molecule is C1=COOCCCCCCCCN=N1. The van der Waals surface area contributed by atoms with Gasteiger partial charge in [0, 0.05) is 0 Å². The first kappa shape index (κ1) is 11.2. The molecule has 80 valence electrons. The van der Waals surface area contributed by atoms with Crippen LogP contribution in [-0.2, 0) is 9.78 Å². The standard InChI is InChI=1S/C10H18N2O2/c1-2-4-6-9-13-14-10-8-12-11-7-5-3-1/h8,10H,1-7,9H2. The predicted octanol–water partition coefficient (Wildman–Crippen LogP) is 3.21. The summed E-state index contributed by atoms with van der Waals surface area (Å²) in [5.74, 6) is 0. The number of hydrogen-bond donors (Lipinski definition) is 0.